The third kappa shape index (κ3) is 4.62. The molecule has 28 heavy (non-hydrogen) atoms. The molecule has 1 aromatic heterocycles. The zero-order valence-corrected chi connectivity index (χ0v) is 15.7. The summed E-state index contributed by atoms with van der Waals surface area (Å²) in [4.78, 5) is 18.3. The number of aromatic carboxylic acids is 1. The van der Waals surface area contributed by atoms with E-state index < -0.39 is 57.6 Å². The molecule has 1 aromatic carbocycles. The van der Waals surface area contributed by atoms with Gasteiger partial charge in [0.1, 0.15) is 11.6 Å². The Morgan fingerprint density at radius 3 is 2.54 bits per heavy atom. The maximum absolute atomic E-state index is 14.1. The van der Waals surface area contributed by atoms with Gasteiger partial charge in [0.05, 0.1) is 24.4 Å². The summed E-state index contributed by atoms with van der Waals surface area (Å²) in [6, 6.07) is 2.06. The summed E-state index contributed by atoms with van der Waals surface area (Å²) < 4.78 is 70.7. The van der Waals surface area contributed by atoms with Crippen LogP contribution in [0.2, 0.25) is 5.02 Å². The van der Waals surface area contributed by atoms with Crippen molar-refractivity contribution in [2.45, 2.75) is 12.2 Å². The van der Waals surface area contributed by atoms with Crippen molar-refractivity contribution in [1.29, 1.82) is 0 Å². The van der Waals surface area contributed by atoms with Gasteiger partial charge in [-0.2, -0.15) is 0 Å². The van der Waals surface area contributed by atoms with Crippen molar-refractivity contribution in [3.05, 3.63) is 46.6 Å². The molecule has 1 heterocycles. The minimum absolute atomic E-state index is 0.0283. The number of carboxylic acids is 1. The van der Waals surface area contributed by atoms with E-state index in [1.807, 2.05) is 0 Å². The first-order chi connectivity index (χ1) is 13.1. The van der Waals surface area contributed by atoms with Crippen LogP contribution in [-0.2, 0) is 15.8 Å². The highest BCUT2D eigenvalue weighted by molar-refractivity contribution is 7.92. The molecule has 8 nitrogen and oxygen atoms in total. The van der Waals surface area contributed by atoms with Crippen molar-refractivity contribution < 1.29 is 36.2 Å². The van der Waals surface area contributed by atoms with Gasteiger partial charge in [-0.05, 0) is 12.1 Å². The quantitative estimate of drug-likeness (QED) is 0.673. The number of aromatic nitrogens is 2. The van der Waals surface area contributed by atoms with Crippen molar-refractivity contribution in [2.24, 2.45) is 0 Å². The Labute approximate surface area is 162 Å². The second-order valence-corrected chi connectivity index (χ2v) is 7.53. The smallest absolute Gasteiger partial charge is 0.358 e. The lowest BCUT2D eigenvalue weighted by atomic mass is 10.2. The molecule has 2 rings (SSSR count). The fraction of sp³-hybridized carbons (Fsp3) is 0.267. The van der Waals surface area contributed by atoms with Gasteiger partial charge < -0.3 is 9.84 Å². The average Bonchev–Trinajstić information content (AvgIpc) is 2.63. The van der Waals surface area contributed by atoms with Crippen molar-refractivity contribution in [3.63, 3.8) is 0 Å². The predicted octanol–water partition coefficient (Wildman–Crippen LogP) is 2.58. The van der Waals surface area contributed by atoms with Crippen molar-refractivity contribution in [1.82, 2.24) is 9.97 Å². The van der Waals surface area contributed by atoms with E-state index in [1.54, 1.807) is 0 Å². The number of nitrogens with zero attached hydrogens (tertiary/aromatic N) is 3. The molecule has 2 aromatic rings. The van der Waals surface area contributed by atoms with Gasteiger partial charge >= 0.3 is 5.97 Å². The largest absolute Gasteiger partial charge is 0.495 e. The summed E-state index contributed by atoms with van der Waals surface area (Å²) in [5, 5.41) is 8.79. The summed E-state index contributed by atoms with van der Waals surface area (Å²) in [6.07, 6.45) is -1.28. The molecule has 1 N–H and O–H groups in total. The van der Waals surface area contributed by atoms with E-state index in [-0.39, 0.29) is 15.1 Å². The topological polar surface area (TPSA) is 110 Å². The number of benzene rings is 1. The molecule has 0 amide bonds. The molecule has 0 bridgehead atoms. The molecule has 0 unspecified atom stereocenters. The Morgan fingerprint density at radius 2 is 1.96 bits per heavy atom. The van der Waals surface area contributed by atoms with Crippen LogP contribution in [0.1, 0.15) is 16.1 Å². The Morgan fingerprint density at radius 1 is 1.32 bits per heavy atom. The van der Waals surface area contributed by atoms with Crippen LogP contribution in [0, 0.1) is 5.82 Å². The second-order valence-electron chi connectivity index (χ2n) is 5.25. The zero-order chi connectivity index (χ0) is 21.1. The van der Waals surface area contributed by atoms with Crippen LogP contribution in [0.25, 0.3) is 0 Å². The first kappa shape index (κ1) is 21.7. The number of sulfonamides is 1. The minimum atomic E-state index is -4.74. The second kappa shape index (κ2) is 8.61. The van der Waals surface area contributed by atoms with Crippen LogP contribution in [0.3, 0.4) is 0 Å². The van der Waals surface area contributed by atoms with Crippen LogP contribution < -0.4 is 9.04 Å². The fourth-order valence-corrected chi connectivity index (χ4v) is 4.16. The maximum atomic E-state index is 14.1. The van der Waals surface area contributed by atoms with E-state index in [4.69, 9.17) is 21.4 Å². The Hall–Kier alpha value is -2.60. The number of hydrogen-bond acceptors (Lipinski definition) is 6. The van der Waals surface area contributed by atoms with Gasteiger partial charge in [-0.15, -0.1) is 0 Å². The molecule has 0 saturated carbocycles. The molecule has 0 fully saturated rings. The van der Waals surface area contributed by atoms with E-state index in [2.05, 4.69) is 9.97 Å². The average molecular weight is 440 g/mol. The highest BCUT2D eigenvalue weighted by Crippen LogP contribution is 2.33. The molecule has 0 spiro atoms. The van der Waals surface area contributed by atoms with E-state index in [9.17, 15) is 26.4 Å². The van der Waals surface area contributed by atoms with Crippen molar-refractivity contribution in [3.8, 4) is 5.75 Å². The number of carboxylic acid groups (broad SMARTS) is 1. The normalized spacial score (nSPS) is 11.5. The third-order valence-electron chi connectivity index (χ3n) is 3.45. The van der Waals surface area contributed by atoms with Crippen LogP contribution in [0.15, 0.2) is 24.5 Å². The maximum Gasteiger partial charge on any atom is 0.358 e. The molecule has 0 aliphatic rings. The molecular formula is C15H13ClF3N3O5S. The van der Waals surface area contributed by atoms with Gasteiger partial charge in [0.25, 0.3) is 6.43 Å². The van der Waals surface area contributed by atoms with Gasteiger partial charge in [0.2, 0.25) is 10.0 Å². The minimum Gasteiger partial charge on any atom is -0.495 e. The molecule has 0 saturated heterocycles. The van der Waals surface area contributed by atoms with Gasteiger partial charge in [0, 0.05) is 18.0 Å². The fourth-order valence-electron chi connectivity index (χ4n) is 2.25. The standard InChI is InChI=1S/C15H13ClF3N3O5S/c1-27-10-3-2-9(17)8(12(10)16)7-28(25,26)22(6-11(18)19)14-13(15(23)24)20-4-5-21-14/h2-5,11H,6-7H2,1H3,(H,23,24). The van der Waals surface area contributed by atoms with Crippen LogP contribution >= 0.6 is 11.6 Å². The van der Waals surface area contributed by atoms with E-state index in [0.29, 0.717) is 0 Å². The summed E-state index contributed by atoms with van der Waals surface area (Å²) in [6.45, 7) is -1.41. The molecule has 13 heteroatoms. The van der Waals surface area contributed by atoms with Crippen LogP contribution in [-0.4, -0.2) is 49.5 Å². The van der Waals surface area contributed by atoms with Crippen molar-refractivity contribution >= 4 is 33.4 Å². The van der Waals surface area contributed by atoms with Crippen molar-refractivity contribution in [2.75, 3.05) is 18.0 Å². The van der Waals surface area contributed by atoms with Gasteiger partial charge in [-0.3, -0.25) is 0 Å². The summed E-state index contributed by atoms with van der Waals surface area (Å²) >= 11 is 5.94. The number of anilines is 1. The first-order valence-corrected chi connectivity index (χ1v) is 9.41. The molecule has 152 valence electrons. The van der Waals surface area contributed by atoms with E-state index in [1.165, 1.54) is 7.11 Å². The number of carbonyl (C=O) groups is 1. The number of hydrogen-bond donors (Lipinski definition) is 1. The number of methoxy groups -OCH3 is 1. The summed E-state index contributed by atoms with van der Waals surface area (Å²) in [5.74, 6) is -4.68. The summed E-state index contributed by atoms with van der Waals surface area (Å²) in [5.41, 5.74) is -1.38. The number of alkyl halides is 2. The SMILES string of the molecule is COc1ccc(F)c(CS(=O)(=O)N(CC(F)F)c2nccnc2C(=O)O)c1Cl. The molecule has 0 atom stereocenters. The van der Waals surface area contributed by atoms with Crippen LogP contribution in [0.5, 0.6) is 5.75 Å². The number of halogens is 4. The van der Waals surface area contributed by atoms with E-state index >= 15 is 0 Å². The Kier molecular flexibility index (Phi) is 6.67. The van der Waals surface area contributed by atoms with Gasteiger partial charge in [-0.1, -0.05) is 11.6 Å². The zero-order valence-electron chi connectivity index (χ0n) is 14.1. The molecule has 0 radical (unpaired) electrons. The lowest BCUT2D eigenvalue weighted by molar-refractivity contribution is 0.0690. The number of rotatable bonds is 8. The molecular weight excluding hydrogens is 427 g/mol. The monoisotopic (exact) mass is 439 g/mol. The molecule has 0 aliphatic heterocycles. The Bertz CT molecular complexity index is 991. The molecule has 0 aliphatic carbocycles. The predicted molar refractivity (Wildman–Crippen MR) is 92.9 cm³/mol. The highest BCUT2D eigenvalue weighted by atomic mass is 35.5. The van der Waals surface area contributed by atoms with E-state index in [0.717, 1.165) is 24.5 Å². The van der Waals surface area contributed by atoms with Gasteiger partial charge in [-0.25, -0.2) is 40.7 Å². The Balaban J connectivity index is 2.58. The lowest BCUT2D eigenvalue weighted by Gasteiger charge is -2.24. The number of ether oxygens (including phenoxy) is 1. The summed E-state index contributed by atoms with van der Waals surface area (Å²) in [7, 11) is -3.52. The third-order valence-corrected chi connectivity index (χ3v) is 5.52. The van der Waals surface area contributed by atoms with Crippen LogP contribution in [0.4, 0.5) is 19.0 Å². The lowest BCUT2D eigenvalue weighted by Crippen LogP contribution is -2.38. The first-order valence-electron chi connectivity index (χ1n) is 7.42. The van der Waals surface area contributed by atoms with Gasteiger partial charge in [0.15, 0.2) is 11.5 Å². The highest BCUT2D eigenvalue weighted by Gasteiger charge is 2.33.